The number of ether oxygens (including phenoxy) is 1. The molecule has 2 unspecified atom stereocenters. The van der Waals surface area contributed by atoms with Crippen LogP contribution in [0.1, 0.15) is 17.9 Å². The van der Waals surface area contributed by atoms with Crippen molar-refractivity contribution in [2.45, 2.75) is 12.3 Å². The number of rotatable bonds is 3. The Morgan fingerprint density at radius 3 is 2.75 bits per heavy atom. The van der Waals surface area contributed by atoms with E-state index in [0.29, 0.717) is 11.8 Å². The Morgan fingerprint density at radius 2 is 2.12 bits per heavy atom. The lowest BCUT2D eigenvalue weighted by atomic mass is 9.85. The van der Waals surface area contributed by atoms with Crippen molar-refractivity contribution < 1.29 is 4.74 Å². The minimum absolute atomic E-state index is 0.620. The van der Waals surface area contributed by atoms with E-state index in [1.165, 1.54) is 23.5 Å². The molecule has 0 amide bonds. The van der Waals surface area contributed by atoms with Crippen LogP contribution < -0.4 is 10.5 Å². The lowest BCUT2D eigenvalue weighted by Crippen LogP contribution is -2.27. The van der Waals surface area contributed by atoms with Gasteiger partial charge in [0.15, 0.2) is 0 Å². The third-order valence-electron chi connectivity index (χ3n) is 3.35. The number of benzene rings is 1. The maximum absolute atomic E-state index is 5.85. The van der Waals surface area contributed by atoms with E-state index in [2.05, 4.69) is 12.1 Å². The van der Waals surface area contributed by atoms with Gasteiger partial charge in [0.2, 0.25) is 0 Å². The van der Waals surface area contributed by atoms with E-state index >= 15 is 0 Å². The second kappa shape index (κ2) is 5.60. The van der Waals surface area contributed by atoms with E-state index < -0.39 is 0 Å². The molecule has 1 aliphatic heterocycles. The molecule has 0 aliphatic carbocycles. The zero-order chi connectivity index (χ0) is 11.4. The van der Waals surface area contributed by atoms with Crippen LogP contribution in [0.3, 0.4) is 0 Å². The van der Waals surface area contributed by atoms with Crippen LogP contribution in [0.25, 0.3) is 0 Å². The fraction of sp³-hybridized carbons (Fsp3) is 0.538. The Kier molecular flexibility index (Phi) is 4.13. The predicted molar refractivity (Wildman–Crippen MR) is 70.2 cm³/mol. The van der Waals surface area contributed by atoms with Gasteiger partial charge in [0, 0.05) is 5.75 Å². The summed E-state index contributed by atoms with van der Waals surface area (Å²) in [4.78, 5) is 0. The smallest absolute Gasteiger partial charge is 0.118 e. The van der Waals surface area contributed by atoms with E-state index in [9.17, 15) is 0 Å². The fourth-order valence-electron chi connectivity index (χ4n) is 2.28. The summed E-state index contributed by atoms with van der Waals surface area (Å²) in [6, 6.07) is 8.44. The molecule has 0 spiro atoms. The van der Waals surface area contributed by atoms with E-state index in [-0.39, 0.29) is 0 Å². The summed E-state index contributed by atoms with van der Waals surface area (Å²) >= 11 is 2.04. The highest BCUT2D eigenvalue weighted by atomic mass is 32.2. The first-order chi connectivity index (χ1) is 7.85. The van der Waals surface area contributed by atoms with Crippen molar-refractivity contribution in [3.8, 4) is 5.75 Å². The standard InChI is InChI=1S/C13H19NOS/c1-15-12-4-2-10(3-5-12)13-9-16-7-6-11(13)8-14/h2-5,11,13H,6-9,14H2,1H3. The maximum atomic E-state index is 5.85. The molecule has 2 N–H and O–H groups in total. The van der Waals surface area contributed by atoms with Crippen LogP contribution in [-0.4, -0.2) is 25.2 Å². The van der Waals surface area contributed by atoms with Gasteiger partial charge in [-0.15, -0.1) is 0 Å². The molecule has 1 saturated heterocycles. The summed E-state index contributed by atoms with van der Waals surface area (Å²) in [6.45, 7) is 0.803. The van der Waals surface area contributed by atoms with Crippen molar-refractivity contribution in [3.05, 3.63) is 29.8 Å². The molecule has 1 aromatic rings. The van der Waals surface area contributed by atoms with Crippen LogP contribution >= 0.6 is 11.8 Å². The largest absolute Gasteiger partial charge is 0.497 e. The van der Waals surface area contributed by atoms with Crippen molar-refractivity contribution >= 4 is 11.8 Å². The molecule has 1 heterocycles. The summed E-state index contributed by atoms with van der Waals surface area (Å²) in [6.07, 6.45) is 1.25. The van der Waals surface area contributed by atoms with E-state index in [1.807, 2.05) is 23.9 Å². The van der Waals surface area contributed by atoms with Crippen LogP contribution in [0.15, 0.2) is 24.3 Å². The summed E-state index contributed by atoms with van der Waals surface area (Å²) in [5, 5.41) is 0. The Morgan fingerprint density at radius 1 is 1.38 bits per heavy atom. The molecule has 2 rings (SSSR count). The Balaban J connectivity index is 2.14. The molecule has 1 aliphatic rings. The highest BCUT2D eigenvalue weighted by Crippen LogP contribution is 2.36. The number of thioether (sulfide) groups is 1. The number of nitrogens with two attached hydrogens (primary N) is 1. The summed E-state index contributed by atoms with van der Waals surface area (Å²) < 4.78 is 5.18. The van der Waals surface area contributed by atoms with Crippen molar-refractivity contribution in [2.75, 3.05) is 25.2 Å². The SMILES string of the molecule is COc1ccc(C2CSCCC2CN)cc1. The fourth-order valence-corrected chi connectivity index (χ4v) is 3.64. The number of methoxy groups -OCH3 is 1. The second-order valence-electron chi connectivity index (χ2n) is 4.24. The van der Waals surface area contributed by atoms with Gasteiger partial charge in [-0.25, -0.2) is 0 Å². The third kappa shape index (κ3) is 2.53. The molecule has 2 atom stereocenters. The molecule has 1 fully saturated rings. The quantitative estimate of drug-likeness (QED) is 0.877. The van der Waals surface area contributed by atoms with Gasteiger partial charge in [-0.2, -0.15) is 11.8 Å². The molecular weight excluding hydrogens is 218 g/mol. The summed E-state index contributed by atoms with van der Waals surface area (Å²) in [5.74, 6) is 4.66. The van der Waals surface area contributed by atoms with Gasteiger partial charge in [0.1, 0.15) is 5.75 Å². The zero-order valence-corrected chi connectivity index (χ0v) is 10.5. The molecule has 16 heavy (non-hydrogen) atoms. The van der Waals surface area contributed by atoms with Gasteiger partial charge in [0.25, 0.3) is 0 Å². The first kappa shape index (κ1) is 11.8. The monoisotopic (exact) mass is 237 g/mol. The van der Waals surface area contributed by atoms with E-state index in [1.54, 1.807) is 7.11 Å². The number of hydrogen-bond donors (Lipinski definition) is 1. The third-order valence-corrected chi connectivity index (χ3v) is 4.47. The van der Waals surface area contributed by atoms with Crippen molar-refractivity contribution in [3.63, 3.8) is 0 Å². The molecule has 1 aromatic carbocycles. The Bertz CT molecular complexity index is 325. The normalized spacial score (nSPS) is 25.4. The summed E-state index contributed by atoms with van der Waals surface area (Å²) in [7, 11) is 1.70. The van der Waals surface area contributed by atoms with E-state index in [4.69, 9.17) is 10.5 Å². The maximum Gasteiger partial charge on any atom is 0.118 e. The predicted octanol–water partition coefficient (Wildman–Crippen LogP) is 2.49. The van der Waals surface area contributed by atoms with Gasteiger partial charge in [-0.3, -0.25) is 0 Å². The molecule has 0 radical (unpaired) electrons. The molecule has 88 valence electrons. The van der Waals surface area contributed by atoms with Crippen LogP contribution in [0.4, 0.5) is 0 Å². The first-order valence-corrected chi connectivity index (χ1v) is 6.92. The molecule has 3 heteroatoms. The van der Waals surface area contributed by atoms with Crippen molar-refractivity contribution in [2.24, 2.45) is 11.7 Å². The van der Waals surface area contributed by atoms with Gasteiger partial charge < -0.3 is 10.5 Å². The van der Waals surface area contributed by atoms with Crippen LogP contribution in [-0.2, 0) is 0 Å². The van der Waals surface area contributed by atoms with Gasteiger partial charge in [-0.05, 0) is 48.3 Å². The average molecular weight is 237 g/mol. The minimum atomic E-state index is 0.620. The summed E-state index contributed by atoms with van der Waals surface area (Å²) in [5.41, 5.74) is 7.26. The Labute approximate surface area is 102 Å². The Hall–Kier alpha value is -0.670. The van der Waals surface area contributed by atoms with Crippen LogP contribution in [0.2, 0.25) is 0 Å². The van der Waals surface area contributed by atoms with Crippen LogP contribution in [0.5, 0.6) is 5.75 Å². The second-order valence-corrected chi connectivity index (χ2v) is 5.39. The molecule has 2 nitrogen and oxygen atoms in total. The van der Waals surface area contributed by atoms with Gasteiger partial charge in [-0.1, -0.05) is 12.1 Å². The molecular formula is C13H19NOS. The topological polar surface area (TPSA) is 35.2 Å². The lowest BCUT2D eigenvalue weighted by molar-refractivity contribution is 0.413. The molecule has 0 bridgehead atoms. The van der Waals surface area contributed by atoms with Gasteiger partial charge >= 0.3 is 0 Å². The van der Waals surface area contributed by atoms with E-state index in [0.717, 1.165) is 12.3 Å². The van der Waals surface area contributed by atoms with Crippen molar-refractivity contribution in [1.29, 1.82) is 0 Å². The lowest BCUT2D eigenvalue weighted by Gasteiger charge is -2.30. The highest BCUT2D eigenvalue weighted by molar-refractivity contribution is 7.99. The van der Waals surface area contributed by atoms with Crippen LogP contribution in [0, 0.1) is 5.92 Å². The average Bonchev–Trinajstić information content (AvgIpc) is 2.39. The molecule has 0 saturated carbocycles. The minimum Gasteiger partial charge on any atom is -0.497 e. The molecule has 0 aromatic heterocycles. The first-order valence-electron chi connectivity index (χ1n) is 5.77. The van der Waals surface area contributed by atoms with Crippen molar-refractivity contribution in [1.82, 2.24) is 0 Å². The zero-order valence-electron chi connectivity index (χ0n) is 9.69. The number of hydrogen-bond acceptors (Lipinski definition) is 3. The highest BCUT2D eigenvalue weighted by Gasteiger charge is 2.25. The van der Waals surface area contributed by atoms with Gasteiger partial charge in [0.05, 0.1) is 7.11 Å².